The first-order chi connectivity index (χ1) is 23.3. The fourth-order valence-corrected chi connectivity index (χ4v) is 8.65. The number of rotatable bonds is 5. The Labute approximate surface area is 312 Å². The number of fused-ring (bicyclic) bond motifs is 3. The van der Waals surface area contributed by atoms with Crippen LogP contribution in [0.25, 0.3) is 55.6 Å². The molecule has 0 saturated carbocycles. The van der Waals surface area contributed by atoms with Crippen molar-refractivity contribution in [2.75, 3.05) is 0 Å². The van der Waals surface area contributed by atoms with E-state index in [1.165, 1.54) is 49.7 Å². The third-order valence-corrected chi connectivity index (χ3v) is 11.5. The van der Waals surface area contributed by atoms with E-state index in [4.69, 9.17) is 4.42 Å². The molecule has 3 nitrogen and oxygen atoms in total. The minimum atomic E-state index is -1.29. The fraction of sp³-hybridized carbons (Fsp3) is 0.244. The number of aryl methyl sites for hydroxylation is 5. The number of hydrogen-bond donors (Lipinski definition) is 0. The molecule has 5 heteroatoms. The molecule has 0 unspecified atom stereocenters. The van der Waals surface area contributed by atoms with E-state index in [0.717, 1.165) is 44.5 Å². The molecule has 0 amide bonds. The topological polar surface area (TPSA) is 38.9 Å². The fourth-order valence-electron chi connectivity index (χ4n) is 6.94. The van der Waals surface area contributed by atoms with Crippen LogP contribution in [0.2, 0.25) is 19.6 Å². The Bertz CT molecular complexity index is 2290. The largest absolute Gasteiger partial charge is 0.501 e. The second-order valence-corrected chi connectivity index (χ2v) is 19.7. The molecule has 0 spiro atoms. The van der Waals surface area contributed by atoms with Gasteiger partial charge in [-0.1, -0.05) is 104 Å². The number of aromatic nitrogens is 2. The first-order valence-electron chi connectivity index (χ1n) is 17.2. The molecule has 1 radical (unpaired) electrons. The Morgan fingerprint density at radius 2 is 1.38 bits per heavy atom. The zero-order chi connectivity index (χ0) is 35.0. The van der Waals surface area contributed by atoms with Gasteiger partial charge >= 0.3 is 0 Å². The van der Waals surface area contributed by atoms with Gasteiger partial charge in [0, 0.05) is 37.9 Å². The van der Waals surface area contributed by atoms with E-state index in [0.29, 0.717) is 5.92 Å². The van der Waals surface area contributed by atoms with Crippen LogP contribution in [0.15, 0.2) is 95.7 Å². The van der Waals surface area contributed by atoms with Gasteiger partial charge in [0.05, 0.1) is 13.7 Å². The SMILES string of the molecule is Cc1cc(C)c(-c2ccc3c(c2)oc2c(-c4cc(C(C)C)ccn4)[c-]ccc23)c(C)c1.Cc1ccc[c-]c1-c1cc(C)c([Si](C)(C)C)cn1.[Ir]. The van der Waals surface area contributed by atoms with E-state index in [2.05, 4.69) is 157 Å². The van der Waals surface area contributed by atoms with Crippen LogP contribution in [0, 0.1) is 46.8 Å². The summed E-state index contributed by atoms with van der Waals surface area (Å²) >= 11 is 0. The van der Waals surface area contributed by atoms with E-state index in [1.807, 2.05) is 24.4 Å². The van der Waals surface area contributed by atoms with Crippen molar-refractivity contribution in [1.29, 1.82) is 0 Å². The van der Waals surface area contributed by atoms with Crippen molar-refractivity contribution in [1.82, 2.24) is 9.97 Å². The zero-order valence-electron chi connectivity index (χ0n) is 30.9. The van der Waals surface area contributed by atoms with E-state index in [1.54, 1.807) is 0 Å². The van der Waals surface area contributed by atoms with E-state index in [9.17, 15) is 0 Å². The second-order valence-electron chi connectivity index (χ2n) is 14.7. The first kappa shape index (κ1) is 37.1. The minimum Gasteiger partial charge on any atom is -0.501 e. The van der Waals surface area contributed by atoms with Crippen LogP contribution in [0.1, 0.15) is 53.1 Å². The van der Waals surface area contributed by atoms with Gasteiger partial charge in [-0.2, -0.15) is 0 Å². The van der Waals surface area contributed by atoms with Crippen molar-refractivity contribution in [3.05, 3.63) is 137 Å². The third kappa shape index (κ3) is 7.61. The summed E-state index contributed by atoms with van der Waals surface area (Å²) in [6, 6.07) is 34.2. The summed E-state index contributed by atoms with van der Waals surface area (Å²) in [5, 5.41) is 3.67. The van der Waals surface area contributed by atoms with Gasteiger partial charge in [-0.15, -0.1) is 53.6 Å². The Morgan fingerprint density at radius 1 is 0.680 bits per heavy atom. The van der Waals surface area contributed by atoms with E-state index in [-0.39, 0.29) is 20.1 Å². The summed E-state index contributed by atoms with van der Waals surface area (Å²) in [7, 11) is -1.29. The Hall–Kier alpha value is -4.15. The maximum absolute atomic E-state index is 6.43. The van der Waals surface area contributed by atoms with Gasteiger partial charge in [0.15, 0.2) is 0 Å². The summed E-state index contributed by atoms with van der Waals surface area (Å²) in [5.74, 6) is 0.445. The first-order valence-corrected chi connectivity index (χ1v) is 20.7. The Kier molecular flexibility index (Phi) is 11.1. The molecule has 7 aromatic rings. The van der Waals surface area contributed by atoms with Crippen molar-refractivity contribution in [2.24, 2.45) is 0 Å². The summed E-state index contributed by atoms with van der Waals surface area (Å²) in [6.07, 6.45) is 3.94. The molecule has 3 heterocycles. The van der Waals surface area contributed by atoms with Gasteiger partial charge in [0.2, 0.25) is 0 Å². The summed E-state index contributed by atoms with van der Waals surface area (Å²) < 4.78 is 6.43. The maximum atomic E-state index is 6.43. The van der Waals surface area contributed by atoms with Crippen molar-refractivity contribution in [3.8, 4) is 33.6 Å². The molecule has 0 saturated heterocycles. The maximum Gasteiger partial charge on any atom is 0.121 e. The van der Waals surface area contributed by atoms with Gasteiger partial charge in [-0.3, -0.25) is 0 Å². The summed E-state index contributed by atoms with van der Waals surface area (Å²) in [4.78, 5) is 9.26. The molecule has 0 aliphatic heterocycles. The Morgan fingerprint density at radius 3 is 2.04 bits per heavy atom. The smallest absolute Gasteiger partial charge is 0.121 e. The molecule has 7 rings (SSSR count). The summed E-state index contributed by atoms with van der Waals surface area (Å²) in [6.45, 7) is 22.3. The number of furan rings is 1. The molecule has 0 aliphatic carbocycles. The monoisotopic (exact) mass is 851 g/mol. The van der Waals surface area contributed by atoms with Gasteiger partial charge in [0.1, 0.15) is 5.58 Å². The average molecular weight is 851 g/mol. The van der Waals surface area contributed by atoms with Crippen LogP contribution in [0.3, 0.4) is 0 Å². The van der Waals surface area contributed by atoms with Crippen molar-refractivity contribution >= 4 is 35.2 Å². The van der Waals surface area contributed by atoms with Crippen LogP contribution in [0.4, 0.5) is 0 Å². The molecule has 3 aromatic heterocycles. The molecule has 50 heavy (non-hydrogen) atoms. The van der Waals surface area contributed by atoms with E-state index < -0.39 is 8.07 Å². The molecule has 257 valence electrons. The minimum absolute atomic E-state index is 0. The molecule has 0 bridgehead atoms. The molecule has 0 aliphatic rings. The molecule has 0 fully saturated rings. The van der Waals surface area contributed by atoms with Crippen molar-refractivity contribution in [3.63, 3.8) is 0 Å². The second kappa shape index (κ2) is 15.0. The van der Waals surface area contributed by atoms with Crippen molar-refractivity contribution < 1.29 is 24.5 Å². The number of pyridine rings is 2. The van der Waals surface area contributed by atoms with Crippen LogP contribution in [-0.2, 0) is 20.1 Å². The predicted molar refractivity (Wildman–Crippen MR) is 210 cm³/mol. The summed E-state index contributed by atoms with van der Waals surface area (Å²) in [5.41, 5.74) is 15.9. The number of benzene rings is 4. The molecular formula is C45H46IrN2OSi-2. The number of nitrogens with zero attached hydrogens (tertiary/aromatic N) is 2. The predicted octanol–water partition coefficient (Wildman–Crippen LogP) is 11.9. The van der Waals surface area contributed by atoms with Crippen molar-refractivity contribution in [2.45, 2.75) is 74.0 Å². The van der Waals surface area contributed by atoms with Gasteiger partial charge < -0.3 is 14.4 Å². The Balaban J connectivity index is 0.000000219. The molecular weight excluding hydrogens is 805 g/mol. The van der Waals surface area contributed by atoms with Gasteiger partial charge in [-0.05, 0) is 84.6 Å². The van der Waals surface area contributed by atoms with E-state index >= 15 is 0 Å². The normalized spacial score (nSPS) is 11.4. The van der Waals surface area contributed by atoms with Crippen LogP contribution >= 0.6 is 0 Å². The van der Waals surface area contributed by atoms with Crippen LogP contribution in [0.5, 0.6) is 0 Å². The van der Waals surface area contributed by atoms with Gasteiger partial charge in [0.25, 0.3) is 0 Å². The van der Waals surface area contributed by atoms with Gasteiger partial charge in [-0.25, -0.2) is 0 Å². The average Bonchev–Trinajstić information content (AvgIpc) is 3.42. The van der Waals surface area contributed by atoms with Crippen LogP contribution < -0.4 is 5.19 Å². The standard InChI is InChI=1S/C29H26NO.C16H20NSi.Ir/c1-17(2)21-11-12-30-26(15-21)25-8-6-7-24-23-10-9-22(16-27(23)31-29(24)25)28-19(4)13-18(3)14-20(28)5;1-12-8-6-7-9-14(12)15-10-13(2)16(11-17-15)18(3,4)5;/h6-7,9-17H,1-5H3;6-8,10-11H,1-5H3;/q2*-1;. The number of hydrogen-bond acceptors (Lipinski definition) is 3. The molecule has 0 N–H and O–H groups in total. The zero-order valence-corrected chi connectivity index (χ0v) is 34.3. The quantitative estimate of drug-likeness (QED) is 0.128. The van der Waals surface area contributed by atoms with Crippen LogP contribution in [-0.4, -0.2) is 18.0 Å². The third-order valence-electron chi connectivity index (χ3n) is 9.35. The molecule has 0 atom stereocenters. The molecule has 4 aromatic carbocycles.